The van der Waals surface area contributed by atoms with Gasteiger partial charge in [0.05, 0.1) is 11.8 Å². The largest absolute Gasteiger partial charge is 0.383 e. The second-order valence-electron chi connectivity index (χ2n) is 3.31. The second-order valence-corrected chi connectivity index (χ2v) is 3.31. The van der Waals surface area contributed by atoms with E-state index in [0.717, 1.165) is 5.56 Å². The third-order valence-electron chi connectivity index (χ3n) is 2.21. The fourth-order valence-corrected chi connectivity index (χ4v) is 1.42. The van der Waals surface area contributed by atoms with Gasteiger partial charge in [-0.15, -0.1) is 0 Å². The average molecular weight is 214 g/mol. The van der Waals surface area contributed by atoms with E-state index in [4.69, 9.17) is 5.73 Å². The lowest BCUT2D eigenvalue weighted by Gasteiger charge is -2.05. The van der Waals surface area contributed by atoms with Crippen LogP contribution in [0, 0.1) is 6.92 Å². The number of rotatable bonds is 2. The zero-order valence-electron chi connectivity index (χ0n) is 8.71. The SMILES string of the molecule is Cc1ccnc(N)c1C(=O)c1cnccn1. The van der Waals surface area contributed by atoms with E-state index >= 15 is 0 Å². The summed E-state index contributed by atoms with van der Waals surface area (Å²) in [6.45, 7) is 1.81. The van der Waals surface area contributed by atoms with Crippen molar-refractivity contribution in [2.45, 2.75) is 6.92 Å². The molecule has 0 atom stereocenters. The third kappa shape index (κ3) is 1.75. The molecule has 0 spiro atoms. The van der Waals surface area contributed by atoms with Crippen LogP contribution in [0.25, 0.3) is 0 Å². The van der Waals surface area contributed by atoms with Crippen molar-refractivity contribution in [2.24, 2.45) is 0 Å². The molecule has 16 heavy (non-hydrogen) atoms. The Hall–Kier alpha value is -2.30. The van der Waals surface area contributed by atoms with Crippen LogP contribution in [-0.4, -0.2) is 20.7 Å². The third-order valence-corrected chi connectivity index (χ3v) is 2.21. The molecule has 0 saturated carbocycles. The van der Waals surface area contributed by atoms with Crippen molar-refractivity contribution in [1.82, 2.24) is 15.0 Å². The fourth-order valence-electron chi connectivity index (χ4n) is 1.42. The van der Waals surface area contributed by atoms with Gasteiger partial charge < -0.3 is 5.73 Å². The highest BCUT2D eigenvalue weighted by atomic mass is 16.1. The minimum Gasteiger partial charge on any atom is -0.383 e. The fraction of sp³-hybridized carbons (Fsp3) is 0.0909. The van der Waals surface area contributed by atoms with Crippen LogP contribution in [0.4, 0.5) is 5.82 Å². The maximum atomic E-state index is 12.1. The van der Waals surface area contributed by atoms with Crippen LogP contribution in [0.1, 0.15) is 21.6 Å². The van der Waals surface area contributed by atoms with Gasteiger partial charge in [0, 0.05) is 18.6 Å². The summed E-state index contributed by atoms with van der Waals surface area (Å²) in [7, 11) is 0. The van der Waals surface area contributed by atoms with Gasteiger partial charge in [-0.3, -0.25) is 9.78 Å². The maximum absolute atomic E-state index is 12.1. The number of carbonyl (C=O) groups excluding carboxylic acids is 1. The number of aryl methyl sites for hydroxylation is 1. The van der Waals surface area contributed by atoms with Crippen LogP contribution in [0.5, 0.6) is 0 Å². The molecule has 2 aromatic rings. The number of nitrogen functional groups attached to an aromatic ring is 1. The Labute approximate surface area is 92.4 Å². The van der Waals surface area contributed by atoms with Crippen molar-refractivity contribution >= 4 is 11.6 Å². The molecule has 0 fully saturated rings. The number of aromatic nitrogens is 3. The Morgan fingerprint density at radius 2 is 2.06 bits per heavy atom. The first kappa shape index (κ1) is 10.2. The van der Waals surface area contributed by atoms with E-state index in [2.05, 4.69) is 15.0 Å². The molecule has 0 aliphatic carbocycles. The van der Waals surface area contributed by atoms with Crippen molar-refractivity contribution in [2.75, 3.05) is 5.73 Å². The van der Waals surface area contributed by atoms with Crippen molar-refractivity contribution in [3.63, 3.8) is 0 Å². The molecular formula is C11H10N4O. The van der Waals surface area contributed by atoms with Crippen LogP contribution < -0.4 is 5.73 Å². The molecule has 0 aliphatic heterocycles. The normalized spacial score (nSPS) is 10.1. The lowest BCUT2D eigenvalue weighted by atomic mass is 10.0. The van der Waals surface area contributed by atoms with E-state index in [1.807, 2.05) is 6.92 Å². The lowest BCUT2D eigenvalue weighted by Crippen LogP contribution is -2.10. The van der Waals surface area contributed by atoms with Crippen LogP contribution in [0.3, 0.4) is 0 Å². The molecule has 0 radical (unpaired) electrons. The Kier molecular flexibility index (Phi) is 2.59. The molecule has 2 heterocycles. The summed E-state index contributed by atoms with van der Waals surface area (Å²) in [5.74, 6) is -0.0353. The summed E-state index contributed by atoms with van der Waals surface area (Å²) in [6.07, 6.45) is 5.96. The summed E-state index contributed by atoms with van der Waals surface area (Å²) in [4.78, 5) is 23.7. The number of hydrogen-bond acceptors (Lipinski definition) is 5. The highest BCUT2D eigenvalue weighted by Crippen LogP contribution is 2.16. The number of pyridine rings is 1. The molecule has 0 amide bonds. The zero-order valence-corrected chi connectivity index (χ0v) is 8.71. The molecule has 2 aromatic heterocycles. The minimum atomic E-state index is -0.254. The number of nitrogens with zero attached hydrogens (tertiary/aromatic N) is 3. The lowest BCUT2D eigenvalue weighted by molar-refractivity contribution is 0.103. The first-order chi connectivity index (χ1) is 7.70. The van der Waals surface area contributed by atoms with Gasteiger partial charge in [-0.25, -0.2) is 9.97 Å². The molecule has 5 heteroatoms. The number of nitrogens with two attached hydrogens (primary N) is 1. The molecule has 5 nitrogen and oxygen atoms in total. The van der Waals surface area contributed by atoms with E-state index in [0.29, 0.717) is 5.56 Å². The van der Waals surface area contributed by atoms with Gasteiger partial charge in [0.15, 0.2) is 0 Å². The topological polar surface area (TPSA) is 81.8 Å². The van der Waals surface area contributed by atoms with Crippen molar-refractivity contribution in [3.8, 4) is 0 Å². The average Bonchev–Trinajstić information content (AvgIpc) is 2.30. The Morgan fingerprint density at radius 1 is 1.25 bits per heavy atom. The summed E-state index contributed by atoms with van der Waals surface area (Å²) in [5.41, 5.74) is 7.12. The van der Waals surface area contributed by atoms with E-state index in [9.17, 15) is 4.79 Å². The van der Waals surface area contributed by atoms with Gasteiger partial charge >= 0.3 is 0 Å². The molecule has 0 saturated heterocycles. The van der Waals surface area contributed by atoms with Gasteiger partial charge in [0.25, 0.3) is 0 Å². The van der Waals surface area contributed by atoms with Gasteiger partial charge in [-0.2, -0.15) is 0 Å². The van der Waals surface area contributed by atoms with Crippen molar-refractivity contribution in [1.29, 1.82) is 0 Å². The first-order valence-electron chi connectivity index (χ1n) is 4.72. The second kappa shape index (κ2) is 4.06. The van der Waals surface area contributed by atoms with Crippen molar-refractivity contribution < 1.29 is 4.79 Å². The Balaban J connectivity index is 2.50. The number of anilines is 1. The molecule has 0 unspecified atom stereocenters. The monoisotopic (exact) mass is 214 g/mol. The van der Waals surface area contributed by atoms with Crippen molar-refractivity contribution in [3.05, 3.63) is 47.7 Å². The number of carbonyl (C=O) groups is 1. The molecule has 0 aliphatic rings. The van der Waals surface area contributed by atoms with Gasteiger partial charge in [0.2, 0.25) is 5.78 Å². The molecule has 2 N–H and O–H groups in total. The number of ketones is 1. The van der Waals surface area contributed by atoms with Gasteiger partial charge in [-0.05, 0) is 18.6 Å². The minimum absolute atomic E-state index is 0.218. The predicted molar refractivity (Wildman–Crippen MR) is 58.9 cm³/mol. The summed E-state index contributed by atoms with van der Waals surface area (Å²) in [6, 6.07) is 1.74. The van der Waals surface area contributed by atoms with E-state index in [1.165, 1.54) is 18.6 Å². The zero-order chi connectivity index (χ0) is 11.5. The standard InChI is InChI=1S/C11H10N4O/c1-7-2-3-15-11(12)9(7)10(16)8-6-13-4-5-14-8/h2-6H,1H3,(H2,12,15). The van der Waals surface area contributed by atoms with Crippen LogP contribution >= 0.6 is 0 Å². The quantitative estimate of drug-likeness (QED) is 0.754. The molecule has 2 rings (SSSR count). The van der Waals surface area contributed by atoms with Gasteiger partial charge in [0.1, 0.15) is 11.5 Å². The highest BCUT2D eigenvalue weighted by molar-refractivity contribution is 6.11. The molecular weight excluding hydrogens is 204 g/mol. The number of hydrogen-bond donors (Lipinski definition) is 1. The highest BCUT2D eigenvalue weighted by Gasteiger charge is 2.16. The molecule has 80 valence electrons. The summed E-state index contributed by atoms with van der Waals surface area (Å²) < 4.78 is 0. The van der Waals surface area contributed by atoms with Gasteiger partial charge in [-0.1, -0.05) is 0 Å². The van der Waals surface area contributed by atoms with E-state index < -0.39 is 0 Å². The first-order valence-corrected chi connectivity index (χ1v) is 4.72. The smallest absolute Gasteiger partial charge is 0.216 e. The molecule has 0 bridgehead atoms. The predicted octanol–water partition coefficient (Wildman–Crippen LogP) is 0.993. The Bertz CT molecular complexity index is 505. The summed E-state index contributed by atoms with van der Waals surface area (Å²) >= 11 is 0. The van der Waals surface area contributed by atoms with E-state index in [1.54, 1.807) is 12.3 Å². The molecule has 0 aromatic carbocycles. The van der Waals surface area contributed by atoms with Crippen LogP contribution in [0.2, 0.25) is 0 Å². The Morgan fingerprint density at radius 3 is 2.69 bits per heavy atom. The van der Waals surface area contributed by atoms with Crippen LogP contribution in [0.15, 0.2) is 30.9 Å². The van der Waals surface area contributed by atoms with Crippen LogP contribution in [-0.2, 0) is 0 Å². The van der Waals surface area contributed by atoms with E-state index in [-0.39, 0.29) is 17.3 Å². The summed E-state index contributed by atoms with van der Waals surface area (Å²) in [5, 5.41) is 0. The maximum Gasteiger partial charge on any atom is 0.216 e.